The first kappa shape index (κ1) is 25.7. The van der Waals surface area contributed by atoms with Gasteiger partial charge in [0.05, 0.1) is 6.42 Å². The number of ether oxygens (including phenoxy) is 3. The summed E-state index contributed by atoms with van der Waals surface area (Å²) < 4.78 is 15.5. The van der Waals surface area contributed by atoms with Crippen molar-refractivity contribution in [1.82, 2.24) is 10.6 Å². The van der Waals surface area contributed by atoms with E-state index < -0.39 is 42.0 Å². The van der Waals surface area contributed by atoms with Gasteiger partial charge >= 0.3 is 18.0 Å². The second-order valence-corrected chi connectivity index (χ2v) is 9.14. The predicted molar refractivity (Wildman–Crippen MR) is 127 cm³/mol. The summed E-state index contributed by atoms with van der Waals surface area (Å²) in [6, 6.07) is 14.6. The summed E-state index contributed by atoms with van der Waals surface area (Å²) in [5.74, 6) is -2.11. The molecule has 0 fully saturated rings. The third kappa shape index (κ3) is 7.05. The Kier molecular flexibility index (Phi) is 8.11. The number of carbonyl (C=O) groups excluding carboxylic acids is 4. The maximum absolute atomic E-state index is 12.6. The zero-order chi connectivity index (χ0) is 25.6. The lowest BCUT2D eigenvalue weighted by atomic mass is 9.98. The van der Waals surface area contributed by atoms with Gasteiger partial charge in [0.1, 0.15) is 18.2 Å². The van der Waals surface area contributed by atoms with E-state index in [1.54, 1.807) is 20.8 Å². The van der Waals surface area contributed by atoms with Crippen LogP contribution in [-0.4, -0.2) is 48.9 Å². The van der Waals surface area contributed by atoms with Crippen molar-refractivity contribution in [3.8, 4) is 11.1 Å². The quantitative estimate of drug-likeness (QED) is 0.337. The van der Waals surface area contributed by atoms with E-state index in [0.717, 1.165) is 22.3 Å². The van der Waals surface area contributed by atoms with Crippen molar-refractivity contribution in [3.05, 3.63) is 59.7 Å². The zero-order valence-corrected chi connectivity index (χ0v) is 20.3. The van der Waals surface area contributed by atoms with Crippen LogP contribution in [0.15, 0.2) is 48.5 Å². The van der Waals surface area contributed by atoms with Crippen LogP contribution in [-0.2, 0) is 28.6 Å². The van der Waals surface area contributed by atoms with Crippen LogP contribution in [0, 0.1) is 0 Å². The van der Waals surface area contributed by atoms with Gasteiger partial charge in [-0.05, 0) is 43.0 Å². The van der Waals surface area contributed by atoms with Crippen molar-refractivity contribution >= 4 is 23.9 Å². The third-order valence-electron chi connectivity index (χ3n) is 5.26. The summed E-state index contributed by atoms with van der Waals surface area (Å²) in [4.78, 5) is 48.4. The molecular formula is C26H30N2O7. The Morgan fingerprint density at radius 2 is 1.49 bits per heavy atom. The number of alkyl carbamates (subject to hydrolysis) is 1. The molecule has 2 aromatic carbocycles. The molecular weight excluding hydrogens is 452 g/mol. The Bertz CT molecular complexity index is 1060. The molecule has 0 saturated heterocycles. The molecule has 3 rings (SSSR count). The van der Waals surface area contributed by atoms with E-state index in [-0.39, 0.29) is 19.3 Å². The van der Waals surface area contributed by atoms with Gasteiger partial charge in [0.25, 0.3) is 0 Å². The van der Waals surface area contributed by atoms with Gasteiger partial charge in [0, 0.05) is 12.8 Å². The summed E-state index contributed by atoms with van der Waals surface area (Å²) in [7, 11) is 0. The molecule has 0 aromatic heterocycles. The molecule has 0 saturated carbocycles. The van der Waals surface area contributed by atoms with E-state index in [9.17, 15) is 19.2 Å². The first-order valence-electron chi connectivity index (χ1n) is 11.3. The first-order chi connectivity index (χ1) is 16.5. The molecule has 0 bridgehead atoms. The molecule has 9 heteroatoms. The van der Waals surface area contributed by atoms with Gasteiger partial charge in [-0.2, -0.15) is 0 Å². The van der Waals surface area contributed by atoms with Crippen molar-refractivity contribution in [2.45, 2.75) is 51.7 Å². The van der Waals surface area contributed by atoms with Gasteiger partial charge in [-0.15, -0.1) is 0 Å². The second-order valence-electron chi connectivity index (χ2n) is 9.14. The summed E-state index contributed by atoms with van der Waals surface area (Å²) in [6.07, 6.45) is -1.27. The van der Waals surface area contributed by atoms with Gasteiger partial charge in [-0.3, -0.25) is 9.59 Å². The number of nitrogens with one attached hydrogen (secondary N) is 2. The lowest BCUT2D eigenvalue weighted by molar-refractivity contribution is -0.158. The minimum Gasteiger partial charge on any atom is -0.458 e. The van der Waals surface area contributed by atoms with Crippen molar-refractivity contribution in [3.63, 3.8) is 0 Å². The van der Waals surface area contributed by atoms with Crippen molar-refractivity contribution in [2.75, 3.05) is 13.3 Å². The lowest BCUT2D eigenvalue weighted by Gasteiger charge is -2.24. The fourth-order valence-corrected chi connectivity index (χ4v) is 3.82. The minimum absolute atomic E-state index is 0.0551. The molecule has 0 spiro atoms. The molecule has 1 atom stereocenters. The largest absolute Gasteiger partial charge is 0.458 e. The SMILES string of the molecule is CC(=O)OCNC(=O)CC(NC(=O)OCC1c2ccccc2-c2ccccc21)C(=O)OC(C)(C)C. The number of fused-ring (bicyclic) bond motifs is 3. The maximum Gasteiger partial charge on any atom is 0.407 e. The van der Waals surface area contributed by atoms with Crippen LogP contribution in [0.4, 0.5) is 4.79 Å². The second kappa shape index (κ2) is 11.0. The average Bonchev–Trinajstić information content (AvgIpc) is 3.09. The molecule has 1 aliphatic rings. The van der Waals surface area contributed by atoms with Crippen LogP contribution in [0.3, 0.4) is 0 Å². The highest BCUT2D eigenvalue weighted by Crippen LogP contribution is 2.44. The monoisotopic (exact) mass is 482 g/mol. The van der Waals surface area contributed by atoms with Crippen molar-refractivity contribution in [1.29, 1.82) is 0 Å². The van der Waals surface area contributed by atoms with Crippen LogP contribution in [0.1, 0.15) is 51.2 Å². The number of benzene rings is 2. The van der Waals surface area contributed by atoms with E-state index in [1.807, 2.05) is 48.5 Å². The van der Waals surface area contributed by atoms with E-state index in [1.165, 1.54) is 6.92 Å². The van der Waals surface area contributed by atoms with E-state index >= 15 is 0 Å². The van der Waals surface area contributed by atoms with Crippen LogP contribution < -0.4 is 10.6 Å². The highest BCUT2D eigenvalue weighted by molar-refractivity contribution is 5.88. The van der Waals surface area contributed by atoms with E-state index in [4.69, 9.17) is 9.47 Å². The molecule has 0 aliphatic heterocycles. The van der Waals surface area contributed by atoms with Gasteiger partial charge in [0.2, 0.25) is 5.91 Å². The molecule has 2 amide bonds. The molecule has 0 heterocycles. The first-order valence-corrected chi connectivity index (χ1v) is 11.3. The molecule has 2 N–H and O–H groups in total. The number of hydrogen-bond acceptors (Lipinski definition) is 7. The number of carbonyl (C=O) groups is 4. The average molecular weight is 483 g/mol. The standard InChI is InChI=1S/C26H30N2O7/c1-16(29)34-15-27-23(30)13-22(24(31)35-26(2,3)4)28-25(32)33-14-21-19-11-7-5-9-17(19)18-10-6-8-12-20(18)21/h5-12,21-22H,13-15H2,1-4H3,(H,27,30)(H,28,32). The number of esters is 2. The van der Waals surface area contributed by atoms with Crippen LogP contribution in [0.25, 0.3) is 11.1 Å². The van der Waals surface area contributed by atoms with Gasteiger partial charge < -0.3 is 24.8 Å². The number of hydrogen-bond donors (Lipinski definition) is 2. The molecule has 1 aliphatic carbocycles. The molecule has 9 nitrogen and oxygen atoms in total. The third-order valence-corrected chi connectivity index (χ3v) is 5.26. The Morgan fingerprint density at radius 3 is 2.03 bits per heavy atom. The minimum atomic E-state index is -1.29. The Morgan fingerprint density at radius 1 is 0.914 bits per heavy atom. The molecule has 186 valence electrons. The normalized spacial score (nSPS) is 13.1. The van der Waals surface area contributed by atoms with E-state index in [0.29, 0.717) is 0 Å². The molecule has 1 unspecified atom stereocenters. The topological polar surface area (TPSA) is 120 Å². The smallest absolute Gasteiger partial charge is 0.407 e. The van der Waals surface area contributed by atoms with Crippen LogP contribution in [0.5, 0.6) is 0 Å². The number of rotatable bonds is 8. The predicted octanol–water partition coefficient (Wildman–Crippen LogP) is 3.26. The van der Waals surface area contributed by atoms with Gasteiger partial charge in [0.15, 0.2) is 6.73 Å². The summed E-state index contributed by atoms with van der Waals surface area (Å²) in [5.41, 5.74) is 3.46. The number of amides is 2. The summed E-state index contributed by atoms with van der Waals surface area (Å²) in [6.45, 7) is 5.94. The Balaban J connectivity index is 1.65. The highest BCUT2D eigenvalue weighted by Gasteiger charge is 2.32. The zero-order valence-electron chi connectivity index (χ0n) is 20.3. The maximum atomic E-state index is 12.6. The van der Waals surface area contributed by atoms with E-state index in [2.05, 4.69) is 15.4 Å². The van der Waals surface area contributed by atoms with Gasteiger partial charge in [-0.25, -0.2) is 9.59 Å². The van der Waals surface area contributed by atoms with Crippen LogP contribution in [0.2, 0.25) is 0 Å². The highest BCUT2D eigenvalue weighted by atomic mass is 16.6. The fraction of sp³-hybridized carbons (Fsp3) is 0.385. The molecule has 2 aromatic rings. The van der Waals surface area contributed by atoms with Crippen molar-refractivity contribution < 1.29 is 33.4 Å². The Hall–Kier alpha value is -3.88. The van der Waals surface area contributed by atoms with Crippen LogP contribution >= 0.6 is 0 Å². The fourth-order valence-electron chi connectivity index (χ4n) is 3.82. The molecule has 0 radical (unpaired) electrons. The summed E-state index contributed by atoms with van der Waals surface area (Å²) in [5, 5.41) is 4.79. The van der Waals surface area contributed by atoms with Crippen molar-refractivity contribution in [2.24, 2.45) is 0 Å². The summed E-state index contributed by atoms with van der Waals surface area (Å²) >= 11 is 0. The van der Waals surface area contributed by atoms with Gasteiger partial charge in [-0.1, -0.05) is 48.5 Å². The molecule has 35 heavy (non-hydrogen) atoms. The lowest BCUT2D eigenvalue weighted by Crippen LogP contribution is -2.47. The Labute approximate surface area is 204 Å².